The number of benzene rings is 1. The van der Waals surface area contributed by atoms with Crippen molar-refractivity contribution < 1.29 is 4.74 Å². The van der Waals surface area contributed by atoms with Crippen LogP contribution in [-0.4, -0.2) is 4.98 Å². The highest BCUT2D eigenvalue weighted by molar-refractivity contribution is 5.30. The van der Waals surface area contributed by atoms with E-state index in [1.807, 2.05) is 48.7 Å². The van der Waals surface area contributed by atoms with Crippen molar-refractivity contribution in [2.45, 2.75) is 26.2 Å². The number of aryl methyl sites for hydroxylation is 1. The highest BCUT2D eigenvalue weighted by Crippen LogP contribution is 2.21. The highest BCUT2D eigenvalue weighted by atomic mass is 16.5. The van der Waals surface area contributed by atoms with Crippen molar-refractivity contribution >= 4 is 0 Å². The third-order valence-corrected chi connectivity index (χ3v) is 2.55. The number of rotatable bonds is 5. The summed E-state index contributed by atoms with van der Waals surface area (Å²) in [4.78, 5) is 4.34. The molecule has 1 heterocycles. The summed E-state index contributed by atoms with van der Waals surface area (Å²) in [6.07, 6.45) is 5.18. The lowest BCUT2D eigenvalue weighted by Crippen LogP contribution is -1.91. The van der Waals surface area contributed by atoms with Gasteiger partial charge in [0.05, 0.1) is 0 Å². The van der Waals surface area contributed by atoms with Crippen molar-refractivity contribution in [2.24, 2.45) is 0 Å². The molecule has 2 rings (SSSR count). The van der Waals surface area contributed by atoms with Crippen molar-refractivity contribution in [3.63, 3.8) is 0 Å². The average Bonchev–Trinajstić information content (AvgIpc) is 2.38. The van der Waals surface area contributed by atoms with E-state index in [-0.39, 0.29) is 0 Å². The molecule has 0 fully saturated rings. The number of ether oxygens (including phenoxy) is 1. The molecule has 0 aliphatic heterocycles. The smallest absolute Gasteiger partial charge is 0.130 e. The standard InChI is InChI=1S/C15H17NO/c1-2-3-7-13-12-15(10-11-16-13)17-14-8-5-4-6-9-14/h4-6,8-12H,2-3,7H2,1H3. The normalized spacial score (nSPS) is 10.2. The Hall–Kier alpha value is -1.83. The lowest BCUT2D eigenvalue weighted by atomic mass is 10.2. The third kappa shape index (κ3) is 3.59. The fraction of sp³-hybridized carbons (Fsp3) is 0.267. The quantitative estimate of drug-likeness (QED) is 0.763. The molecule has 2 aromatic rings. The lowest BCUT2D eigenvalue weighted by Gasteiger charge is -2.06. The van der Waals surface area contributed by atoms with Crippen LogP contribution in [0.5, 0.6) is 11.5 Å². The molecule has 0 saturated carbocycles. The van der Waals surface area contributed by atoms with Gasteiger partial charge in [-0.05, 0) is 31.0 Å². The van der Waals surface area contributed by atoms with Crippen molar-refractivity contribution in [1.29, 1.82) is 0 Å². The number of para-hydroxylation sites is 1. The summed E-state index contributed by atoms with van der Waals surface area (Å²) in [5, 5.41) is 0. The molecule has 0 amide bonds. The molecule has 2 nitrogen and oxygen atoms in total. The molecule has 0 bridgehead atoms. The first-order valence-electron chi connectivity index (χ1n) is 6.06. The van der Waals surface area contributed by atoms with Gasteiger partial charge in [0, 0.05) is 18.0 Å². The van der Waals surface area contributed by atoms with Gasteiger partial charge in [0.1, 0.15) is 11.5 Å². The van der Waals surface area contributed by atoms with Gasteiger partial charge in [-0.15, -0.1) is 0 Å². The fourth-order valence-corrected chi connectivity index (χ4v) is 1.64. The topological polar surface area (TPSA) is 22.1 Å². The van der Waals surface area contributed by atoms with Crippen LogP contribution in [0, 0.1) is 0 Å². The van der Waals surface area contributed by atoms with E-state index in [2.05, 4.69) is 11.9 Å². The predicted octanol–water partition coefficient (Wildman–Crippen LogP) is 4.22. The van der Waals surface area contributed by atoms with Crippen molar-refractivity contribution in [1.82, 2.24) is 4.98 Å². The molecule has 0 atom stereocenters. The molecule has 1 aromatic heterocycles. The Morgan fingerprint density at radius 2 is 1.88 bits per heavy atom. The minimum Gasteiger partial charge on any atom is -0.457 e. The molecule has 0 radical (unpaired) electrons. The Bertz CT molecular complexity index is 453. The van der Waals surface area contributed by atoms with Gasteiger partial charge in [0.15, 0.2) is 0 Å². The Morgan fingerprint density at radius 1 is 1.06 bits per heavy atom. The molecular formula is C15H17NO. The maximum absolute atomic E-state index is 5.76. The van der Waals surface area contributed by atoms with Crippen molar-refractivity contribution in [3.8, 4) is 11.5 Å². The van der Waals surface area contributed by atoms with Crippen LogP contribution in [0.25, 0.3) is 0 Å². The monoisotopic (exact) mass is 227 g/mol. The number of aromatic nitrogens is 1. The van der Waals surface area contributed by atoms with E-state index in [4.69, 9.17) is 4.74 Å². The van der Waals surface area contributed by atoms with E-state index in [9.17, 15) is 0 Å². The third-order valence-electron chi connectivity index (χ3n) is 2.55. The number of hydrogen-bond acceptors (Lipinski definition) is 2. The molecule has 0 N–H and O–H groups in total. The molecular weight excluding hydrogens is 210 g/mol. The molecule has 2 heteroatoms. The van der Waals surface area contributed by atoms with Gasteiger partial charge >= 0.3 is 0 Å². The Kier molecular flexibility index (Phi) is 4.14. The van der Waals surface area contributed by atoms with Crippen molar-refractivity contribution in [3.05, 3.63) is 54.4 Å². The zero-order valence-electron chi connectivity index (χ0n) is 10.1. The van der Waals surface area contributed by atoms with E-state index in [0.29, 0.717) is 0 Å². The SMILES string of the molecule is CCCCc1cc(Oc2ccccc2)ccn1. The largest absolute Gasteiger partial charge is 0.457 e. The minimum atomic E-state index is 0.859. The molecule has 0 aliphatic rings. The summed E-state index contributed by atoms with van der Waals surface area (Å²) < 4.78 is 5.76. The Morgan fingerprint density at radius 3 is 2.65 bits per heavy atom. The van der Waals surface area contributed by atoms with Crippen molar-refractivity contribution in [2.75, 3.05) is 0 Å². The van der Waals surface area contributed by atoms with Gasteiger partial charge < -0.3 is 4.74 Å². The lowest BCUT2D eigenvalue weighted by molar-refractivity contribution is 0.480. The molecule has 0 aliphatic carbocycles. The van der Waals surface area contributed by atoms with Crippen LogP contribution in [0.3, 0.4) is 0 Å². The summed E-state index contributed by atoms with van der Waals surface area (Å²) in [6, 6.07) is 13.7. The van der Waals surface area contributed by atoms with Crippen LogP contribution in [0.4, 0.5) is 0 Å². The first-order chi connectivity index (χ1) is 8.38. The summed E-state index contributed by atoms with van der Waals surface area (Å²) in [5.41, 5.74) is 1.10. The summed E-state index contributed by atoms with van der Waals surface area (Å²) >= 11 is 0. The summed E-state index contributed by atoms with van der Waals surface area (Å²) in [7, 11) is 0. The van der Waals surface area contributed by atoms with Crippen LogP contribution < -0.4 is 4.74 Å². The molecule has 0 spiro atoms. The predicted molar refractivity (Wildman–Crippen MR) is 69.4 cm³/mol. The van der Waals surface area contributed by atoms with E-state index in [1.165, 1.54) is 12.8 Å². The number of unbranched alkanes of at least 4 members (excludes halogenated alkanes) is 1. The fourth-order valence-electron chi connectivity index (χ4n) is 1.64. The van der Waals surface area contributed by atoms with Crippen LogP contribution in [0.1, 0.15) is 25.5 Å². The number of hydrogen-bond donors (Lipinski definition) is 0. The molecule has 17 heavy (non-hydrogen) atoms. The second-order valence-electron chi connectivity index (χ2n) is 4.00. The Balaban J connectivity index is 2.06. The second-order valence-corrected chi connectivity index (χ2v) is 4.00. The minimum absolute atomic E-state index is 0.859. The first-order valence-corrected chi connectivity index (χ1v) is 6.06. The summed E-state index contributed by atoms with van der Waals surface area (Å²) in [5.74, 6) is 1.72. The van der Waals surface area contributed by atoms with E-state index >= 15 is 0 Å². The zero-order chi connectivity index (χ0) is 11.9. The maximum Gasteiger partial charge on any atom is 0.130 e. The molecule has 0 unspecified atom stereocenters. The first kappa shape index (κ1) is 11.6. The van der Waals surface area contributed by atoms with Gasteiger partial charge in [-0.25, -0.2) is 0 Å². The van der Waals surface area contributed by atoms with Gasteiger partial charge in [0.2, 0.25) is 0 Å². The van der Waals surface area contributed by atoms with E-state index < -0.39 is 0 Å². The molecule has 0 saturated heterocycles. The van der Waals surface area contributed by atoms with Crippen LogP contribution in [0.15, 0.2) is 48.7 Å². The van der Waals surface area contributed by atoms with Crippen LogP contribution in [-0.2, 0) is 6.42 Å². The van der Waals surface area contributed by atoms with Gasteiger partial charge in [-0.2, -0.15) is 0 Å². The van der Waals surface area contributed by atoms with Crippen LogP contribution in [0.2, 0.25) is 0 Å². The maximum atomic E-state index is 5.76. The van der Waals surface area contributed by atoms with Crippen LogP contribution >= 0.6 is 0 Å². The zero-order valence-corrected chi connectivity index (χ0v) is 10.1. The Labute approximate surface area is 102 Å². The second kappa shape index (κ2) is 6.04. The van der Waals surface area contributed by atoms with E-state index in [0.717, 1.165) is 23.6 Å². The van der Waals surface area contributed by atoms with E-state index in [1.54, 1.807) is 0 Å². The average molecular weight is 227 g/mol. The van der Waals surface area contributed by atoms with Gasteiger partial charge in [0.25, 0.3) is 0 Å². The molecule has 88 valence electrons. The number of pyridine rings is 1. The molecule has 1 aromatic carbocycles. The number of nitrogens with zero attached hydrogens (tertiary/aromatic N) is 1. The van der Waals surface area contributed by atoms with Gasteiger partial charge in [-0.3, -0.25) is 4.98 Å². The highest BCUT2D eigenvalue weighted by Gasteiger charge is 1.99. The van der Waals surface area contributed by atoms with Gasteiger partial charge in [-0.1, -0.05) is 31.5 Å². The summed E-state index contributed by atoms with van der Waals surface area (Å²) in [6.45, 7) is 2.18.